The maximum absolute atomic E-state index is 13.9. The monoisotopic (exact) mass is 559 g/mol. The summed E-state index contributed by atoms with van der Waals surface area (Å²) in [6, 6.07) is 13.0. The van der Waals surface area contributed by atoms with Crippen molar-refractivity contribution in [2.75, 3.05) is 25.0 Å². The van der Waals surface area contributed by atoms with E-state index in [1.54, 1.807) is 16.7 Å². The van der Waals surface area contributed by atoms with Crippen LogP contribution in [-0.4, -0.2) is 68.3 Å². The fourth-order valence-electron chi connectivity index (χ4n) is 6.05. The Labute approximate surface area is 217 Å². The maximum Gasteiger partial charge on any atom is 0.248 e. The molecule has 0 radical (unpaired) electrons. The van der Waals surface area contributed by atoms with Crippen molar-refractivity contribution in [1.29, 1.82) is 0 Å². The summed E-state index contributed by atoms with van der Waals surface area (Å²) < 4.78 is -0.680. The predicted octanol–water partition coefficient (Wildman–Crippen LogP) is 3.15. The van der Waals surface area contributed by atoms with E-state index in [-0.39, 0.29) is 41.0 Å². The number of carbonyl (C=O) groups excluding carboxylic acids is 3. The molecule has 186 valence electrons. The van der Waals surface area contributed by atoms with Crippen molar-refractivity contribution in [1.82, 2.24) is 10.2 Å². The van der Waals surface area contributed by atoms with Gasteiger partial charge in [0.05, 0.1) is 16.6 Å². The lowest BCUT2D eigenvalue weighted by molar-refractivity contribution is -0.139. The summed E-state index contributed by atoms with van der Waals surface area (Å²) >= 11 is 5.39. The number of fused-ring (bicyclic) bond motifs is 2. The maximum atomic E-state index is 13.9. The summed E-state index contributed by atoms with van der Waals surface area (Å²) in [6.45, 7) is 2.77. The molecule has 0 aliphatic carbocycles. The summed E-state index contributed by atoms with van der Waals surface area (Å²) in [7, 11) is 0. The molecule has 35 heavy (non-hydrogen) atoms. The minimum Gasteiger partial charge on any atom is -0.396 e. The van der Waals surface area contributed by atoms with Gasteiger partial charge in [0.1, 0.15) is 6.04 Å². The Hall–Kier alpha value is -2.10. The van der Waals surface area contributed by atoms with E-state index in [0.29, 0.717) is 25.1 Å². The first-order chi connectivity index (χ1) is 16.9. The molecule has 7 nitrogen and oxygen atoms in total. The summed E-state index contributed by atoms with van der Waals surface area (Å²) in [5.74, 6) is -1.52. The first-order valence-electron chi connectivity index (χ1n) is 12.2. The highest BCUT2D eigenvalue weighted by Gasteiger charge is 2.75. The Morgan fingerprint density at radius 2 is 1.97 bits per heavy atom. The van der Waals surface area contributed by atoms with Crippen molar-refractivity contribution in [3.8, 4) is 0 Å². The standard InChI is InChI=1S/C26H30BrN3O4S/c1-2-10-28-23(32)19-20-25(34)30(11-5-12-31)22(26(20)14-18(27)21(19)35-26)24(33)29-17-9-8-15-6-3-4-7-16(15)13-17/h3-4,6-9,13,18-22,31H,2,5,10-12,14H2,1H3,(H,28,32)(H,29,33)/t18?,19-,20-,21-,22?,26?/m0/s1. The number of nitrogens with one attached hydrogen (secondary N) is 2. The van der Waals surface area contributed by atoms with Gasteiger partial charge in [-0.15, -0.1) is 11.8 Å². The number of aliphatic hydroxyl groups is 1. The van der Waals surface area contributed by atoms with E-state index in [1.807, 2.05) is 49.4 Å². The number of thioether (sulfide) groups is 1. The summed E-state index contributed by atoms with van der Waals surface area (Å²) in [5, 5.41) is 17.6. The molecule has 6 atom stereocenters. The van der Waals surface area contributed by atoms with Crippen molar-refractivity contribution in [2.24, 2.45) is 11.8 Å². The number of alkyl halides is 1. The normalized spacial score (nSPS) is 31.1. The molecule has 2 bridgehead atoms. The SMILES string of the molecule is CCCNC(=O)[C@H]1[C@H]2C(=O)N(CCCO)C(C(=O)Nc3ccc4ccccc4c3)C23CC(Br)[C@@H]1S3. The van der Waals surface area contributed by atoms with Gasteiger partial charge in [0, 0.05) is 35.5 Å². The zero-order valence-electron chi connectivity index (χ0n) is 19.6. The summed E-state index contributed by atoms with van der Waals surface area (Å²) in [5.41, 5.74) is 0.674. The second kappa shape index (κ2) is 9.75. The number of hydrogen-bond donors (Lipinski definition) is 3. The van der Waals surface area contributed by atoms with Crippen LogP contribution >= 0.6 is 27.7 Å². The molecular formula is C26H30BrN3O4S. The Kier molecular flexibility index (Phi) is 6.85. The van der Waals surface area contributed by atoms with Gasteiger partial charge in [0.15, 0.2) is 0 Å². The Bertz CT molecular complexity index is 1160. The lowest BCUT2D eigenvalue weighted by Gasteiger charge is -2.35. The first-order valence-corrected chi connectivity index (χ1v) is 14.0. The van der Waals surface area contributed by atoms with Crippen LogP contribution in [0.5, 0.6) is 0 Å². The Morgan fingerprint density at radius 3 is 2.71 bits per heavy atom. The van der Waals surface area contributed by atoms with Gasteiger partial charge in [0.25, 0.3) is 0 Å². The van der Waals surface area contributed by atoms with E-state index >= 15 is 0 Å². The average Bonchev–Trinajstić information content (AvgIpc) is 3.44. The molecule has 0 aromatic heterocycles. The average molecular weight is 561 g/mol. The van der Waals surface area contributed by atoms with Crippen LogP contribution in [0.1, 0.15) is 26.2 Å². The summed E-state index contributed by atoms with van der Waals surface area (Å²) in [6.07, 6.45) is 1.84. The van der Waals surface area contributed by atoms with Gasteiger partial charge in [-0.3, -0.25) is 14.4 Å². The van der Waals surface area contributed by atoms with Gasteiger partial charge >= 0.3 is 0 Å². The number of rotatable bonds is 8. The topological polar surface area (TPSA) is 98.7 Å². The molecule has 3 aliphatic heterocycles. The van der Waals surface area contributed by atoms with E-state index in [4.69, 9.17) is 0 Å². The predicted molar refractivity (Wildman–Crippen MR) is 142 cm³/mol. The van der Waals surface area contributed by atoms with E-state index in [2.05, 4.69) is 26.6 Å². The fraction of sp³-hybridized carbons (Fsp3) is 0.500. The van der Waals surface area contributed by atoms with Gasteiger partial charge in [0.2, 0.25) is 17.7 Å². The van der Waals surface area contributed by atoms with E-state index in [9.17, 15) is 19.5 Å². The van der Waals surface area contributed by atoms with E-state index in [0.717, 1.165) is 17.2 Å². The second-order valence-corrected chi connectivity index (χ2v) is 12.3. The minimum absolute atomic E-state index is 0.0442. The third kappa shape index (κ3) is 4.05. The highest BCUT2D eigenvalue weighted by atomic mass is 79.9. The zero-order chi connectivity index (χ0) is 24.7. The van der Waals surface area contributed by atoms with Crippen LogP contribution in [0.3, 0.4) is 0 Å². The molecule has 3 saturated heterocycles. The van der Waals surface area contributed by atoms with Gasteiger partial charge < -0.3 is 20.6 Å². The van der Waals surface area contributed by atoms with Gasteiger partial charge in [-0.1, -0.05) is 53.2 Å². The van der Waals surface area contributed by atoms with Crippen LogP contribution in [0.2, 0.25) is 0 Å². The van der Waals surface area contributed by atoms with Crippen molar-refractivity contribution in [2.45, 2.75) is 47.1 Å². The van der Waals surface area contributed by atoms with Crippen molar-refractivity contribution < 1.29 is 19.5 Å². The number of anilines is 1. The molecule has 3 heterocycles. The highest BCUT2D eigenvalue weighted by molar-refractivity contribution is 9.09. The van der Waals surface area contributed by atoms with Crippen LogP contribution < -0.4 is 10.6 Å². The molecular weight excluding hydrogens is 530 g/mol. The van der Waals surface area contributed by atoms with E-state index < -0.39 is 22.6 Å². The summed E-state index contributed by atoms with van der Waals surface area (Å²) in [4.78, 5) is 42.5. The third-order valence-electron chi connectivity index (χ3n) is 7.46. The van der Waals surface area contributed by atoms with Gasteiger partial charge in [-0.25, -0.2) is 0 Å². The zero-order valence-corrected chi connectivity index (χ0v) is 22.0. The van der Waals surface area contributed by atoms with Crippen molar-refractivity contribution >= 4 is 61.9 Å². The van der Waals surface area contributed by atoms with Crippen molar-refractivity contribution in [3.05, 3.63) is 42.5 Å². The molecule has 5 rings (SSSR count). The molecule has 3 aliphatic rings. The number of aliphatic hydroxyl groups excluding tert-OH is 1. The number of hydrogen-bond acceptors (Lipinski definition) is 5. The first kappa shape index (κ1) is 24.6. The quantitative estimate of drug-likeness (QED) is 0.431. The Balaban J connectivity index is 1.48. The molecule has 3 amide bonds. The second-order valence-electron chi connectivity index (χ2n) is 9.61. The largest absolute Gasteiger partial charge is 0.396 e. The molecule has 9 heteroatoms. The number of carbonyl (C=O) groups is 3. The lowest BCUT2D eigenvalue weighted by atomic mass is 9.70. The molecule has 3 unspecified atom stereocenters. The molecule has 3 N–H and O–H groups in total. The number of nitrogens with zero attached hydrogens (tertiary/aromatic N) is 1. The number of halogens is 1. The smallest absolute Gasteiger partial charge is 0.248 e. The van der Waals surface area contributed by atoms with Gasteiger partial charge in [-0.05, 0) is 42.2 Å². The molecule has 1 spiro atoms. The molecule has 2 aromatic carbocycles. The molecule has 3 fully saturated rings. The third-order valence-corrected chi connectivity index (χ3v) is 10.7. The highest BCUT2D eigenvalue weighted by Crippen LogP contribution is 2.67. The number of amides is 3. The van der Waals surface area contributed by atoms with E-state index in [1.165, 1.54) is 0 Å². The Morgan fingerprint density at radius 1 is 1.20 bits per heavy atom. The van der Waals surface area contributed by atoms with Crippen LogP contribution in [0.15, 0.2) is 42.5 Å². The van der Waals surface area contributed by atoms with Gasteiger partial charge in [-0.2, -0.15) is 0 Å². The minimum atomic E-state index is -0.711. The fourth-order valence-corrected chi connectivity index (χ4v) is 9.67. The van der Waals surface area contributed by atoms with Crippen molar-refractivity contribution in [3.63, 3.8) is 0 Å². The number of likely N-dealkylation sites (tertiary alicyclic amines) is 1. The number of benzene rings is 2. The van der Waals surface area contributed by atoms with Crippen LogP contribution in [0, 0.1) is 11.8 Å². The van der Waals surface area contributed by atoms with Crippen LogP contribution in [0.4, 0.5) is 5.69 Å². The van der Waals surface area contributed by atoms with Crippen LogP contribution in [0.25, 0.3) is 10.8 Å². The molecule has 0 saturated carbocycles. The van der Waals surface area contributed by atoms with Crippen LogP contribution in [-0.2, 0) is 14.4 Å². The lowest BCUT2D eigenvalue weighted by Crippen LogP contribution is -2.53. The molecule has 2 aromatic rings.